The summed E-state index contributed by atoms with van der Waals surface area (Å²) >= 11 is 3.14. The van der Waals surface area contributed by atoms with E-state index in [4.69, 9.17) is 0 Å². The Kier molecular flexibility index (Phi) is 5.05. The first-order chi connectivity index (χ1) is 10.3. The summed E-state index contributed by atoms with van der Waals surface area (Å²) in [6, 6.07) is 8.74. The fraction of sp³-hybridized carbons (Fsp3) is 0.267. The highest BCUT2D eigenvalue weighted by atomic mass is 79.9. The molecular weight excluding hydrogens is 364 g/mol. The molecule has 2 rings (SSSR count). The zero-order valence-corrected chi connectivity index (χ0v) is 13.2. The molecule has 1 aromatic heterocycles. The van der Waals surface area contributed by atoms with Crippen LogP contribution >= 0.6 is 15.9 Å². The third-order valence-electron chi connectivity index (χ3n) is 3.07. The van der Waals surface area contributed by atoms with Crippen molar-refractivity contribution in [3.63, 3.8) is 0 Å². The first-order valence-electron chi connectivity index (χ1n) is 6.46. The fourth-order valence-corrected chi connectivity index (χ4v) is 2.13. The number of aromatic nitrogens is 1. The van der Waals surface area contributed by atoms with Crippen molar-refractivity contribution in [1.29, 1.82) is 0 Å². The second kappa shape index (κ2) is 6.64. The van der Waals surface area contributed by atoms with Crippen LogP contribution in [0.15, 0.2) is 47.1 Å². The fourth-order valence-electron chi connectivity index (χ4n) is 1.90. The van der Waals surface area contributed by atoms with E-state index in [1.807, 2.05) is 0 Å². The molecule has 1 aromatic carbocycles. The van der Waals surface area contributed by atoms with E-state index < -0.39 is 12.5 Å². The molecule has 0 fully saturated rings. The summed E-state index contributed by atoms with van der Waals surface area (Å²) in [5.74, 6) is -0.196. The third kappa shape index (κ3) is 4.19. The first-order valence-corrected chi connectivity index (χ1v) is 7.25. The van der Waals surface area contributed by atoms with Gasteiger partial charge < -0.3 is 0 Å². The second-order valence-corrected chi connectivity index (χ2v) is 5.66. The minimum atomic E-state index is -4.56. The van der Waals surface area contributed by atoms with Gasteiger partial charge in [-0.15, -0.1) is 0 Å². The average molecular weight is 377 g/mol. The lowest BCUT2D eigenvalue weighted by atomic mass is 10.1. The van der Waals surface area contributed by atoms with Gasteiger partial charge in [-0.05, 0) is 46.1 Å². The van der Waals surface area contributed by atoms with Gasteiger partial charge in [-0.1, -0.05) is 24.3 Å². The van der Waals surface area contributed by atoms with Gasteiger partial charge in [-0.3, -0.25) is 4.90 Å². The second-order valence-electron chi connectivity index (χ2n) is 4.75. The Morgan fingerprint density at radius 2 is 1.77 bits per heavy atom. The maximum Gasteiger partial charge on any atom is 0.486 e. The monoisotopic (exact) mass is 376 g/mol. The lowest BCUT2D eigenvalue weighted by molar-refractivity contribution is -0.131. The van der Waals surface area contributed by atoms with Gasteiger partial charge in [0.1, 0.15) is 12.0 Å². The lowest BCUT2D eigenvalue weighted by Gasteiger charge is -2.26. The Morgan fingerprint density at radius 3 is 2.23 bits per heavy atom. The minimum Gasteiger partial charge on any atom is -0.263 e. The van der Waals surface area contributed by atoms with E-state index in [0.29, 0.717) is 15.6 Å². The number of hydrogen-bond acceptors (Lipinski definition) is 2. The van der Waals surface area contributed by atoms with Gasteiger partial charge in [0.25, 0.3) is 0 Å². The van der Waals surface area contributed by atoms with Crippen LogP contribution in [0.2, 0.25) is 0 Å². The highest BCUT2D eigenvalue weighted by molar-refractivity contribution is 9.10. The van der Waals surface area contributed by atoms with E-state index in [0.717, 1.165) is 0 Å². The largest absolute Gasteiger partial charge is 0.486 e. The smallest absolute Gasteiger partial charge is 0.263 e. The van der Waals surface area contributed by atoms with Crippen LogP contribution in [0.25, 0.3) is 0 Å². The van der Waals surface area contributed by atoms with E-state index in [1.54, 1.807) is 0 Å². The van der Waals surface area contributed by atoms with Gasteiger partial charge in [-0.2, -0.15) is 13.2 Å². The van der Waals surface area contributed by atoms with Crippen LogP contribution in [0, 0.1) is 0 Å². The van der Waals surface area contributed by atoms with E-state index in [-0.39, 0.29) is 17.3 Å². The molecule has 0 bridgehead atoms. The molecule has 0 amide bonds. The van der Waals surface area contributed by atoms with Crippen molar-refractivity contribution in [3.05, 3.63) is 58.2 Å². The molecule has 0 aliphatic heterocycles. The number of rotatable bonds is 4. The molecule has 1 heterocycles. The van der Waals surface area contributed by atoms with Crippen molar-refractivity contribution < 1.29 is 17.6 Å². The summed E-state index contributed by atoms with van der Waals surface area (Å²) < 4.78 is 53.4. The Morgan fingerprint density at radius 1 is 1.14 bits per heavy atom. The predicted molar refractivity (Wildman–Crippen MR) is 80.1 cm³/mol. The van der Waals surface area contributed by atoms with Gasteiger partial charge in [0.05, 0.1) is 6.54 Å². The maximum absolute atomic E-state index is 13.2. The van der Waals surface area contributed by atoms with Crippen molar-refractivity contribution in [2.45, 2.75) is 25.9 Å². The van der Waals surface area contributed by atoms with Gasteiger partial charge >= 0.3 is 6.30 Å². The molecule has 0 N–H and O–H groups in total. The number of nitrogens with zero attached hydrogens (tertiary/aromatic N) is 2. The average Bonchev–Trinajstić information content (AvgIpc) is 2.45. The Bertz CT molecular complexity index is 609. The van der Waals surface area contributed by atoms with Crippen LogP contribution in [0.5, 0.6) is 0 Å². The first kappa shape index (κ1) is 16.7. The minimum absolute atomic E-state index is 0.196. The normalized spacial score (nSPS) is 13.0. The Hall–Kier alpha value is -1.63. The zero-order chi connectivity index (χ0) is 16.3. The summed E-state index contributed by atoms with van der Waals surface area (Å²) in [5, 5.41) is 0. The van der Waals surface area contributed by atoms with Gasteiger partial charge in [-0.25, -0.2) is 9.37 Å². The molecule has 22 heavy (non-hydrogen) atoms. The van der Waals surface area contributed by atoms with Crippen LogP contribution in [0.1, 0.15) is 24.2 Å². The summed E-state index contributed by atoms with van der Waals surface area (Å²) in [6.45, 7) is 0.988. The van der Waals surface area contributed by atoms with Crippen LogP contribution in [-0.4, -0.2) is 11.3 Å². The van der Waals surface area contributed by atoms with Crippen molar-refractivity contribution in [1.82, 2.24) is 4.98 Å². The quantitative estimate of drug-likeness (QED) is 0.524. The number of anilines is 1. The van der Waals surface area contributed by atoms with Crippen LogP contribution in [-0.2, 0) is 6.54 Å². The molecule has 0 aliphatic carbocycles. The van der Waals surface area contributed by atoms with Crippen molar-refractivity contribution in [2.24, 2.45) is 0 Å². The molecular formula is C15H13BrF4N2. The molecule has 1 atom stereocenters. The number of halogens is 5. The number of alkyl halides is 4. The van der Waals surface area contributed by atoms with E-state index >= 15 is 0 Å². The van der Waals surface area contributed by atoms with E-state index in [1.165, 1.54) is 49.5 Å². The Balaban J connectivity index is 2.25. The highest BCUT2D eigenvalue weighted by Gasteiger charge is 2.38. The molecule has 0 saturated carbocycles. The molecule has 0 saturated heterocycles. The summed E-state index contributed by atoms with van der Waals surface area (Å²) in [7, 11) is 0. The maximum atomic E-state index is 13.2. The molecule has 2 aromatic rings. The van der Waals surface area contributed by atoms with Crippen LogP contribution < -0.4 is 4.90 Å². The topological polar surface area (TPSA) is 16.1 Å². The molecule has 2 nitrogen and oxygen atoms in total. The lowest BCUT2D eigenvalue weighted by Crippen LogP contribution is -2.38. The molecule has 118 valence electrons. The van der Waals surface area contributed by atoms with Gasteiger partial charge in [0.2, 0.25) is 0 Å². The van der Waals surface area contributed by atoms with Crippen molar-refractivity contribution >= 4 is 21.7 Å². The molecule has 0 spiro atoms. The predicted octanol–water partition coefficient (Wildman–Crippen LogP) is 5.40. The zero-order valence-electron chi connectivity index (χ0n) is 11.6. The summed E-state index contributed by atoms with van der Waals surface area (Å²) in [6.07, 6.45) is -4.41. The highest BCUT2D eigenvalue weighted by Crippen LogP contribution is 2.30. The molecule has 0 radical (unpaired) electrons. The van der Waals surface area contributed by atoms with Crippen molar-refractivity contribution in [3.8, 4) is 0 Å². The SMILES string of the molecule is CC(F)c1ccc(CN(c2ccc(Br)cn2)C(F)(F)F)cc1. The molecule has 0 aliphatic rings. The van der Waals surface area contributed by atoms with Gasteiger partial charge in [0, 0.05) is 10.7 Å². The van der Waals surface area contributed by atoms with Gasteiger partial charge in [0.15, 0.2) is 0 Å². The van der Waals surface area contributed by atoms with Crippen molar-refractivity contribution in [2.75, 3.05) is 4.90 Å². The number of benzene rings is 1. The summed E-state index contributed by atoms with van der Waals surface area (Å²) in [5.41, 5.74) is 0.857. The van der Waals surface area contributed by atoms with E-state index in [9.17, 15) is 17.6 Å². The van der Waals surface area contributed by atoms with E-state index in [2.05, 4.69) is 20.9 Å². The molecule has 7 heteroatoms. The molecule has 1 unspecified atom stereocenters. The van der Waals surface area contributed by atoms with Crippen LogP contribution in [0.3, 0.4) is 0 Å². The summed E-state index contributed by atoms with van der Waals surface area (Å²) in [4.78, 5) is 4.03. The third-order valence-corrected chi connectivity index (χ3v) is 3.54. The number of hydrogen-bond donors (Lipinski definition) is 0. The van der Waals surface area contributed by atoms with Crippen LogP contribution in [0.4, 0.5) is 23.4 Å². The standard InChI is InChI=1S/C15H13BrF4N2/c1-10(17)12-4-2-11(3-5-12)9-22(15(18,19)20)14-7-6-13(16)8-21-14/h2-8,10H,9H2,1H3. The number of pyridine rings is 1. The Labute approximate surface area is 133 Å².